The fourth-order valence-corrected chi connectivity index (χ4v) is 5.15. The molecule has 4 heterocycles. The van der Waals surface area contributed by atoms with Crippen LogP contribution in [-0.4, -0.2) is 64.6 Å². The lowest BCUT2D eigenvalue weighted by Gasteiger charge is -2.53. The molecule has 0 saturated carbocycles. The molecule has 3 saturated heterocycles. The number of hydrogen-bond acceptors (Lipinski definition) is 3. The SMILES string of the molecule is Cn1cc(C(=O)N2CC3(CC[C@H](CN4CCCCC4=O)CO3)C2)c2ccccc21. The number of fused-ring (bicyclic) bond motifs is 1. The Labute approximate surface area is 171 Å². The first-order chi connectivity index (χ1) is 14.0. The Kier molecular flexibility index (Phi) is 4.62. The molecule has 3 aliphatic rings. The topological polar surface area (TPSA) is 54.8 Å². The van der Waals surface area contributed by atoms with Crippen LogP contribution in [0.4, 0.5) is 0 Å². The van der Waals surface area contributed by atoms with Gasteiger partial charge in [-0.3, -0.25) is 9.59 Å². The van der Waals surface area contributed by atoms with E-state index in [0.29, 0.717) is 37.9 Å². The average Bonchev–Trinajstić information content (AvgIpc) is 3.05. The highest BCUT2D eigenvalue weighted by atomic mass is 16.5. The van der Waals surface area contributed by atoms with Crippen molar-refractivity contribution in [2.24, 2.45) is 13.0 Å². The molecule has 1 aromatic carbocycles. The van der Waals surface area contributed by atoms with Gasteiger partial charge in [-0.2, -0.15) is 0 Å². The molecule has 1 atom stereocenters. The lowest BCUT2D eigenvalue weighted by Crippen LogP contribution is -2.66. The van der Waals surface area contributed by atoms with Gasteiger partial charge in [0.25, 0.3) is 5.91 Å². The zero-order valence-electron chi connectivity index (χ0n) is 17.1. The first kappa shape index (κ1) is 18.7. The highest BCUT2D eigenvalue weighted by molar-refractivity contribution is 6.07. The number of aromatic nitrogens is 1. The van der Waals surface area contributed by atoms with Gasteiger partial charge in [0.2, 0.25) is 5.91 Å². The third-order valence-corrected chi connectivity index (χ3v) is 6.91. The zero-order valence-corrected chi connectivity index (χ0v) is 17.1. The first-order valence-corrected chi connectivity index (χ1v) is 10.8. The maximum atomic E-state index is 13.1. The summed E-state index contributed by atoms with van der Waals surface area (Å²) in [5.74, 6) is 0.814. The van der Waals surface area contributed by atoms with Crippen molar-refractivity contribution in [1.29, 1.82) is 0 Å². The van der Waals surface area contributed by atoms with Crippen LogP contribution in [0.1, 0.15) is 42.5 Å². The minimum Gasteiger partial charge on any atom is -0.371 e. The number of carbonyl (C=O) groups excluding carboxylic acids is 2. The van der Waals surface area contributed by atoms with E-state index in [1.165, 1.54) is 0 Å². The van der Waals surface area contributed by atoms with Gasteiger partial charge in [0, 0.05) is 49.6 Å². The van der Waals surface area contributed by atoms with E-state index in [4.69, 9.17) is 4.74 Å². The fraction of sp³-hybridized carbons (Fsp3) is 0.565. The maximum absolute atomic E-state index is 13.1. The van der Waals surface area contributed by atoms with Crippen molar-refractivity contribution in [1.82, 2.24) is 14.4 Å². The van der Waals surface area contributed by atoms with E-state index < -0.39 is 0 Å². The van der Waals surface area contributed by atoms with Gasteiger partial charge in [-0.25, -0.2) is 0 Å². The molecule has 1 spiro atoms. The van der Waals surface area contributed by atoms with E-state index in [1.54, 1.807) is 0 Å². The molecular formula is C23H29N3O3. The van der Waals surface area contributed by atoms with Crippen molar-refractivity contribution in [3.63, 3.8) is 0 Å². The summed E-state index contributed by atoms with van der Waals surface area (Å²) in [7, 11) is 1.98. The molecule has 3 aliphatic heterocycles. The predicted octanol–water partition coefficient (Wildman–Crippen LogP) is 2.81. The van der Waals surface area contributed by atoms with Crippen LogP contribution in [0, 0.1) is 5.92 Å². The number of benzene rings is 1. The molecular weight excluding hydrogens is 366 g/mol. The Balaban J connectivity index is 1.18. The molecule has 5 rings (SSSR count). The summed E-state index contributed by atoms with van der Waals surface area (Å²) in [6, 6.07) is 8.04. The minimum absolute atomic E-state index is 0.0945. The smallest absolute Gasteiger partial charge is 0.256 e. The van der Waals surface area contributed by atoms with Crippen molar-refractivity contribution in [3.05, 3.63) is 36.0 Å². The quantitative estimate of drug-likeness (QED) is 0.803. The van der Waals surface area contributed by atoms with E-state index in [2.05, 4.69) is 0 Å². The second kappa shape index (κ2) is 7.17. The Bertz CT molecular complexity index is 934. The molecule has 2 amide bonds. The third-order valence-electron chi connectivity index (χ3n) is 6.91. The van der Waals surface area contributed by atoms with Crippen LogP contribution >= 0.6 is 0 Å². The molecule has 0 aliphatic carbocycles. The van der Waals surface area contributed by atoms with Crippen molar-refractivity contribution in [2.45, 2.75) is 37.7 Å². The van der Waals surface area contributed by atoms with Gasteiger partial charge in [0.1, 0.15) is 5.60 Å². The second-order valence-electron chi connectivity index (χ2n) is 9.03. The molecule has 1 aromatic heterocycles. The van der Waals surface area contributed by atoms with E-state index in [0.717, 1.165) is 55.2 Å². The number of nitrogens with zero attached hydrogens (tertiary/aromatic N) is 3. The van der Waals surface area contributed by atoms with Gasteiger partial charge in [-0.15, -0.1) is 0 Å². The summed E-state index contributed by atoms with van der Waals surface area (Å²) >= 11 is 0. The van der Waals surface area contributed by atoms with Gasteiger partial charge in [-0.05, 0) is 31.7 Å². The molecule has 0 N–H and O–H groups in total. The van der Waals surface area contributed by atoms with E-state index in [1.807, 2.05) is 51.9 Å². The van der Waals surface area contributed by atoms with Gasteiger partial charge >= 0.3 is 0 Å². The van der Waals surface area contributed by atoms with Gasteiger partial charge in [0.05, 0.1) is 25.3 Å². The molecule has 3 fully saturated rings. The van der Waals surface area contributed by atoms with Crippen molar-refractivity contribution in [2.75, 3.05) is 32.8 Å². The van der Waals surface area contributed by atoms with Crippen LogP contribution in [0.5, 0.6) is 0 Å². The normalized spacial score (nSPS) is 24.2. The Morgan fingerprint density at radius 1 is 1.24 bits per heavy atom. The standard InChI is InChI=1S/C23H29N3O3/c1-24-13-19(18-6-2-3-7-20(18)24)22(28)26-15-23(16-26)10-9-17(14-29-23)12-25-11-5-4-8-21(25)27/h2-3,6-7,13,17H,4-5,8-12,14-16H2,1H3/t17-/m1/s1. The third kappa shape index (κ3) is 3.33. The highest BCUT2D eigenvalue weighted by Crippen LogP contribution is 2.37. The molecule has 6 heteroatoms. The number of ether oxygens (including phenoxy) is 1. The number of aryl methyl sites for hydroxylation is 1. The van der Waals surface area contributed by atoms with E-state index >= 15 is 0 Å². The Morgan fingerprint density at radius 3 is 2.83 bits per heavy atom. The number of para-hydroxylation sites is 1. The first-order valence-electron chi connectivity index (χ1n) is 10.8. The number of carbonyl (C=O) groups is 2. The number of likely N-dealkylation sites (tertiary alicyclic amines) is 2. The monoisotopic (exact) mass is 395 g/mol. The van der Waals surface area contributed by atoms with Crippen LogP contribution in [0.2, 0.25) is 0 Å². The summed E-state index contributed by atoms with van der Waals surface area (Å²) in [4.78, 5) is 29.0. The number of amides is 2. The largest absolute Gasteiger partial charge is 0.371 e. The lowest BCUT2D eigenvalue weighted by atomic mass is 9.82. The molecule has 2 aromatic rings. The van der Waals surface area contributed by atoms with Crippen LogP contribution in [0.3, 0.4) is 0 Å². The van der Waals surface area contributed by atoms with Crippen LogP contribution in [0.15, 0.2) is 30.5 Å². The van der Waals surface area contributed by atoms with Gasteiger partial charge in [0.15, 0.2) is 0 Å². The van der Waals surface area contributed by atoms with Crippen LogP contribution < -0.4 is 0 Å². The number of hydrogen-bond donors (Lipinski definition) is 0. The summed E-state index contributed by atoms with van der Waals surface area (Å²) in [6.07, 6.45) is 6.82. The molecule has 154 valence electrons. The van der Waals surface area contributed by atoms with Gasteiger partial charge in [-0.1, -0.05) is 18.2 Å². The number of piperidine rings is 1. The van der Waals surface area contributed by atoms with E-state index in [-0.39, 0.29) is 11.5 Å². The van der Waals surface area contributed by atoms with E-state index in [9.17, 15) is 9.59 Å². The predicted molar refractivity (Wildman–Crippen MR) is 111 cm³/mol. The zero-order chi connectivity index (χ0) is 20.0. The van der Waals surface area contributed by atoms with Crippen molar-refractivity contribution in [3.8, 4) is 0 Å². The molecule has 29 heavy (non-hydrogen) atoms. The average molecular weight is 396 g/mol. The Hall–Kier alpha value is -2.34. The van der Waals surface area contributed by atoms with Crippen molar-refractivity contribution >= 4 is 22.7 Å². The summed E-state index contributed by atoms with van der Waals surface area (Å²) in [6.45, 7) is 3.76. The molecule has 6 nitrogen and oxygen atoms in total. The highest BCUT2D eigenvalue weighted by Gasteiger charge is 2.49. The maximum Gasteiger partial charge on any atom is 0.256 e. The fourth-order valence-electron chi connectivity index (χ4n) is 5.15. The number of rotatable bonds is 3. The van der Waals surface area contributed by atoms with Gasteiger partial charge < -0.3 is 19.1 Å². The lowest BCUT2D eigenvalue weighted by molar-refractivity contribution is -0.170. The summed E-state index contributed by atoms with van der Waals surface area (Å²) in [5, 5.41) is 1.01. The van der Waals surface area contributed by atoms with Crippen LogP contribution in [0.25, 0.3) is 10.9 Å². The van der Waals surface area contributed by atoms with Crippen LogP contribution in [-0.2, 0) is 16.6 Å². The second-order valence-corrected chi connectivity index (χ2v) is 9.03. The van der Waals surface area contributed by atoms with Crippen molar-refractivity contribution < 1.29 is 14.3 Å². The molecule has 0 unspecified atom stereocenters. The molecule has 0 radical (unpaired) electrons. The molecule has 0 bridgehead atoms. The Morgan fingerprint density at radius 2 is 2.07 bits per heavy atom. The summed E-state index contributed by atoms with van der Waals surface area (Å²) < 4.78 is 8.28. The minimum atomic E-state index is -0.178. The summed E-state index contributed by atoms with van der Waals surface area (Å²) in [5.41, 5.74) is 1.67.